The number of hydrogen-bond donors (Lipinski definition) is 1. The fraction of sp³-hybridized carbons (Fsp3) is 0.346. The number of thioether (sulfide) groups is 1. The lowest BCUT2D eigenvalue weighted by atomic mass is 10.1. The van der Waals surface area contributed by atoms with Crippen LogP contribution in [0, 0.1) is 0 Å². The van der Waals surface area contributed by atoms with Gasteiger partial charge in [-0.15, -0.1) is 11.8 Å². The molecule has 1 aliphatic rings. The number of Topliss-reactive ketones (excluding diaryl/α,β-unsaturated/α-hetero) is 1. The Morgan fingerprint density at radius 2 is 1.71 bits per heavy atom. The van der Waals surface area contributed by atoms with E-state index in [1.807, 2.05) is 53.8 Å². The highest BCUT2D eigenvalue weighted by Crippen LogP contribution is 2.30. The van der Waals surface area contributed by atoms with E-state index < -0.39 is 0 Å². The molecule has 1 saturated heterocycles. The van der Waals surface area contributed by atoms with Crippen molar-refractivity contribution in [1.29, 1.82) is 0 Å². The minimum Gasteiger partial charge on any atom is -0.372 e. The zero-order valence-corrected chi connectivity index (χ0v) is 20.4. The van der Waals surface area contributed by atoms with Gasteiger partial charge in [0, 0.05) is 46.3 Å². The Labute approximate surface area is 203 Å². The molecule has 1 fully saturated rings. The highest BCUT2D eigenvalue weighted by atomic mass is 32.2. The summed E-state index contributed by atoms with van der Waals surface area (Å²) in [5, 5.41) is 3.88. The molecule has 34 heavy (non-hydrogen) atoms. The molecule has 0 unspecified atom stereocenters. The monoisotopic (exact) mass is 479 g/mol. The summed E-state index contributed by atoms with van der Waals surface area (Å²) in [6.07, 6.45) is 2.00. The number of carbonyl (C=O) groups excluding carboxylic acids is 3. The Kier molecular flexibility index (Phi) is 7.38. The summed E-state index contributed by atoms with van der Waals surface area (Å²) in [6, 6.07) is 14.8. The number of aromatic nitrogens is 1. The first kappa shape index (κ1) is 24.0. The van der Waals surface area contributed by atoms with Crippen LogP contribution in [0.5, 0.6) is 0 Å². The zero-order chi connectivity index (χ0) is 24.2. The first-order valence-electron chi connectivity index (χ1n) is 11.3. The van der Waals surface area contributed by atoms with Crippen molar-refractivity contribution in [1.82, 2.24) is 9.47 Å². The number of hydrogen-bond acceptors (Lipinski definition) is 5. The lowest BCUT2D eigenvalue weighted by Gasteiger charge is -2.35. The molecule has 0 aliphatic carbocycles. The predicted octanol–water partition coefficient (Wildman–Crippen LogP) is 4.21. The second kappa shape index (κ2) is 10.4. The number of morpholine rings is 1. The first-order valence-corrected chi connectivity index (χ1v) is 12.3. The summed E-state index contributed by atoms with van der Waals surface area (Å²) in [4.78, 5) is 39.7. The zero-order valence-electron chi connectivity index (χ0n) is 19.6. The number of anilines is 1. The maximum Gasteiger partial charge on any atom is 0.242 e. The van der Waals surface area contributed by atoms with Gasteiger partial charge in [0.05, 0.1) is 18.0 Å². The third kappa shape index (κ3) is 5.69. The maximum absolute atomic E-state index is 13.0. The van der Waals surface area contributed by atoms with Gasteiger partial charge in [0.25, 0.3) is 0 Å². The molecule has 7 nitrogen and oxygen atoms in total. The summed E-state index contributed by atoms with van der Waals surface area (Å²) in [6.45, 7) is 6.91. The van der Waals surface area contributed by atoms with Gasteiger partial charge in [-0.2, -0.15) is 0 Å². The van der Waals surface area contributed by atoms with Gasteiger partial charge in [0.1, 0.15) is 6.54 Å². The molecule has 2 amide bonds. The van der Waals surface area contributed by atoms with Gasteiger partial charge in [-0.25, -0.2) is 0 Å². The van der Waals surface area contributed by atoms with Crippen molar-refractivity contribution in [2.75, 3.05) is 24.2 Å². The second-order valence-corrected chi connectivity index (χ2v) is 9.68. The quantitative estimate of drug-likeness (QED) is 0.406. The maximum atomic E-state index is 13.0. The molecule has 0 radical (unpaired) electrons. The van der Waals surface area contributed by atoms with Gasteiger partial charge in [-0.1, -0.05) is 18.2 Å². The van der Waals surface area contributed by atoms with E-state index in [-0.39, 0.29) is 42.1 Å². The average Bonchev–Trinajstić information content (AvgIpc) is 3.15. The van der Waals surface area contributed by atoms with E-state index >= 15 is 0 Å². The molecular formula is C26H29N3O4S. The molecular weight excluding hydrogens is 450 g/mol. The Bertz CT molecular complexity index is 1190. The van der Waals surface area contributed by atoms with Crippen molar-refractivity contribution >= 4 is 45.9 Å². The molecule has 2 atom stereocenters. The van der Waals surface area contributed by atoms with Crippen LogP contribution in [0.4, 0.5) is 5.69 Å². The third-order valence-corrected chi connectivity index (χ3v) is 6.81. The lowest BCUT2D eigenvalue weighted by Crippen LogP contribution is -2.49. The molecule has 8 heteroatoms. The molecule has 1 aromatic heterocycles. The molecule has 2 aromatic carbocycles. The van der Waals surface area contributed by atoms with Crippen LogP contribution in [0.25, 0.3) is 10.9 Å². The Balaban J connectivity index is 1.42. The van der Waals surface area contributed by atoms with Crippen molar-refractivity contribution in [3.05, 3.63) is 60.3 Å². The van der Waals surface area contributed by atoms with Crippen LogP contribution in [-0.2, 0) is 20.9 Å². The van der Waals surface area contributed by atoms with Crippen molar-refractivity contribution in [2.45, 2.75) is 44.4 Å². The van der Waals surface area contributed by atoms with E-state index in [0.717, 1.165) is 15.8 Å². The number of benzene rings is 2. The highest BCUT2D eigenvalue weighted by Gasteiger charge is 2.26. The smallest absolute Gasteiger partial charge is 0.242 e. The van der Waals surface area contributed by atoms with Crippen LogP contribution in [0.1, 0.15) is 31.1 Å². The topological polar surface area (TPSA) is 80.6 Å². The Hall–Kier alpha value is -3.10. The molecule has 0 spiro atoms. The molecule has 0 saturated carbocycles. The van der Waals surface area contributed by atoms with E-state index in [9.17, 15) is 14.4 Å². The van der Waals surface area contributed by atoms with Crippen molar-refractivity contribution in [2.24, 2.45) is 0 Å². The van der Waals surface area contributed by atoms with Gasteiger partial charge < -0.3 is 19.5 Å². The SMILES string of the molecule is CC(=O)c1ccc(NC(=O)CSc2cn(CC(=O)N3C[C@@H](C)O[C@@H](C)C3)c3ccccc23)cc1. The van der Waals surface area contributed by atoms with Crippen LogP contribution in [0.15, 0.2) is 59.6 Å². The number of ether oxygens (including phenoxy) is 1. The van der Waals surface area contributed by atoms with Gasteiger partial charge in [0.2, 0.25) is 11.8 Å². The summed E-state index contributed by atoms with van der Waals surface area (Å²) < 4.78 is 7.71. The standard InChI is InChI=1S/C26H29N3O4S/c1-17-12-29(13-18(2)33-17)26(32)15-28-14-24(22-6-4-5-7-23(22)28)34-16-25(31)27-21-10-8-20(9-11-21)19(3)30/h4-11,14,17-18H,12-13,15-16H2,1-3H3,(H,27,31)/t17-,18+. The fourth-order valence-corrected chi connectivity index (χ4v) is 5.10. The average molecular weight is 480 g/mol. The van der Waals surface area contributed by atoms with Crippen molar-refractivity contribution in [3.63, 3.8) is 0 Å². The number of ketones is 1. The number of amides is 2. The third-order valence-electron chi connectivity index (χ3n) is 5.76. The lowest BCUT2D eigenvalue weighted by molar-refractivity contribution is -0.143. The van der Waals surface area contributed by atoms with Crippen LogP contribution in [-0.4, -0.2) is 58.1 Å². The highest BCUT2D eigenvalue weighted by molar-refractivity contribution is 8.00. The Morgan fingerprint density at radius 1 is 1.03 bits per heavy atom. The second-order valence-electron chi connectivity index (χ2n) is 8.66. The molecule has 1 aliphatic heterocycles. The largest absolute Gasteiger partial charge is 0.372 e. The fourth-order valence-electron chi connectivity index (χ4n) is 4.21. The molecule has 1 N–H and O–H groups in total. The van der Waals surface area contributed by atoms with Crippen molar-refractivity contribution in [3.8, 4) is 0 Å². The Morgan fingerprint density at radius 3 is 2.38 bits per heavy atom. The van der Waals surface area contributed by atoms with Crippen LogP contribution in [0.2, 0.25) is 0 Å². The van der Waals surface area contributed by atoms with E-state index in [0.29, 0.717) is 24.3 Å². The van der Waals surface area contributed by atoms with Crippen LogP contribution >= 0.6 is 11.8 Å². The summed E-state index contributed by atoms with van der Waals surface area (Å²) in [5.41, 5.74) is 2.22. The van der Waals surface area contributed by atoms with Gasteiger partial charge in [0.15, 0.2) is 5.78 Å². The minimum atomic E-state index is -0.134. The van der Waals surface area contributed by atoms with Gasteiger partial charge in [-0.05, 0) is 51.1 Å². The number of rotatable bonds is 7. The molecule has 4 rings (SSSR count). The number of nitrogens with zero attached hydrogens (tertiary/aromatic N) is 2. The van der Waals surface area contributed by atoms with Crippen LogP contribution < -0.4 is 5.32 Å². The number of para-hydroxylation sites is 1. The van der Waals surface area contributed by atoms with Crippen molar-refractivity contribution < 1.29 is 19.1 Å². The number of fused-ring (bicyclic) bond motifs is 1. The number of carbonyl (C=O) groups is 3. The normalized spacial score (nSPS) is 18.1. The first-order chi connectivity index (χ1) is 16.3. The van der Waals surface area contributed by atoms with E-state index in [4.69, 9.17) is 4.74 Å². The summed E-state index contributed by atoms with van der Waals surface area (Å²) in [7, 11) is 0. The number of nitrogens with one attached hydrogen (secondary N) is 1. The summed E-state index contributed by atoms with van der Waals surface area (Å²) >= 11 is 1.44. The summed E-state index contributed by atoms with van der Waals surface area (Å²) in [5.74, 6) is 0.145. The molecule has 178 valence electrons. The predicted molar refractivity (Wildman–Crippen MR) is 134 cm³/mol. The van der Waals surface area contributed by atoms with Gasteiger partial charge in [-0.3, -0.25) is 14.4 Å². The molecule has 0 bridgehead atoms. The van der Waals surface area contributed by atoms with E-state index in [1.54, 1.807) is 24.3 Å². The molecule has 3 aromatic rings. The van der Waals surface area contributed by atoms with Crippen LogP contribution in [0.3, 0.4) is 0 Å². The van der Waals surface area contributed by atoms with Gasteiger partial charge >= 0.3 is 0 Å². The van der Waals surface area contributed by atoms with E-state index in [1.165, 1.54) is 18.7 Å². The molecule has 2 heterocycles. The van der Waals surface area contributed by atoms with E-state index in [2.05, 4.69) is 5.32 Å². The minimum absolute atomic E-state index is 0.0130.